The van der Waals surface area contributed by atoms with Crippen LogP contribution in [0.3, 0.4) is 0 Å². The van der Waals surface area contributed by atoms with Gasteiger partial charge >= 0.3 is 5.69 Å². The monoisotopic (exact) mass is 523 g/mol. The fourth-order valence-corrected chi connectivity index (χ4v) is 4.74. The van der Waals surface area contributed by atoms with Crippen LogP contribution in [0.25, 0.3) is 22.5 Å². The first kappa shape index (κ1) is 26.2. The van der Waals surface area contributed by atoms with Crippen molar-refractivity contribution in [1.82, 2.24) is 35.0 Å². The van der Waals surface area contributed by atoms with E-state index in [2.05, 4.69) is 51.8 Å². The zero-order valence-corrected chi connectivity index (χ0v) is 22.3. The van der Waals surface area contributed by atoms with Crippen molar-refractivity contribution in [3.05, 3.63) is 106 Å². The predicted octanol–water partition coefficient (Wildman–Crippen LogP) is 5.06. The molecule has 0 radical (unpaired) electrons. The molecule has 0 spiro atoms. The topological polar surface area (TPSA) is 104 Å². The van der Waals surface area contributed by atoms with Crippen molar-refractivity contribution in [2.45, 2.75) is 52.3 Å². The van der Waals surface area contributed by atoms with Gasteiger partial charge in [-0.2, -0.15) is 10.3 Å². The van der Waals surface area contributed by atoms with Gasteiger partial charge in [0.15, 0.2) is 0 Å². The average Bonchev–Trinajstić information content (AvgIpc) is 3.62. The first-order valence-electron chi connectivity index (χ1n) is 13.4. The second kappa shape index (κ2) is 12.4. The standard InChI is InChI=1S/C30H33N7O2/c1-3-5-15-28-33-37(21-27(39-4-2)24-11-7-6-8-12-24)30(38)36(28)20-22-16-18-23(19-17-22)25-13-9-10-14-26(25)29-31-34-35-32-29/h6-14,16-19,27H,3-5,15,20-21H2,1-2H3,(H,31,32,34,35). The minimum absolute atomic E-state index is 0.117. The lowest BCUT2D eigenvalue weighted by Crippen LogP contribution is -2.28. The number of hydrogen-bond acceptors (Lipinski definition) is 6. The summed E-state index contributed by atoms with van der Waals surface area (Å²) >= 11 is 0. The Morgan fingerprint density at radius 3 is 2.36 bits per heavy atom. The van der Waals surface area contributed by atoms with Gasteiger partial charge in [-0.3, -0.25) is 4.57 Å². The summed E-state index contributed by atoms with van der Waals surface area (Å²) in [5.41, 5.74) is 4.90. The minimum Gasteiger partial charge on any atom is -0.372 e. The van der Waals surface area contributed by atoms with E-state index < -0.39 is 0 Å². The van der Waals surface area contributed by atoms with Crippen molar-refractivity contribution >= 4 is 0 Å². The highest BCUT2D eigenvalue weighted by atomic mass is 16.5. The van der Waals surface area contributed by atoms with E-state index in [1.54, 1.807) is 9.25 Å². The number of ether oxygens (including phenoxy) is 1. The van der Waals surface area contributed by atoms with Crippen LogP contribution in [-0.2, 0) is 24.2 Å². The third-order valence-electron chi connectivity index (χ3n) is 6.75. The molecule has 9 nitrogen and oxygen atoms in total. The van der Waals surface area contributed by atoms with Crippen LogP contribution >= 0.6 is 0 Å². The van der Waals surface area contributed by atoms with Crippen molar-refractivity contribution in [2.24, 2.45) is 0 Å². The van der Waals surface area contributed by atoms with Crippen LogP contribution in [0, 0.1) is 0 Å². The third-order valence-corrected chi connectivity index (χ3v) is 6.75. The fraction of sp³-hybridized carbons (Fsp3) is 0.300. The molecule has 0 saturated carbocycles. The molecule has 0 aliphatic heterocycles. The van der Waals surface area contributed by atoms with Crippen LogP contribution in [0.2, 0.25) is 0 Å². The summed E-state index contributed by atoms with van der Waals surface area (Å²) in [5, 5.41) is 19.3. The molecule has 5 rings (SSSR count). The van der Waals surface area contributed by atoms with E-state index >= 15 is 0 Å². The Morgan fingerprint density at radius 1 is 0.923 bits per heavy atom. The van der Waals surface area contributed by atoms with Gasteiger partial charge in [0.25, 0.3) is 0 Å². The molecule has 0 bridgehead atoms. The van der Waals surface area contributed by atoms with Crippen molar-refractivity contribution in [3.63, 3.8) is 0 Å². The van der Waals surface area contributed by atoms with Gasteiger partial charge in [0.05, 0.1) is 13.1 Å². The minimum atomic E-state index is -0.241. The summed E-state index contributed by atoms with van der Waals surface area (Å²) in [6, 6.07) is 26.2. The number of nitrogens with zero attached hydrogens (tertiary/aromatic N) is 6. The molecule has 2 aromatic heterocycles. The summed E-state index contributed by atoms with van der Waals surface area (Å²) in [6.07, 6.45) is 2.51. The normalized spacial score (nSPS) is 12.1. The molecule has 1 unspecified atom stereocenters. The third kappa shape index (κ3) is 6.04. The Hall–Kier alpha value is -4.37. The Morgan fingerprint density at radius 2 is 1.67 bits per heavy atom. The maximum Gasteiger partial charge on any atom is 0.346 e. The molecule has 5 aromatic rings. The van der Waals surface area contributed by atoms with Gasteiger partial charge in [0.1, 0.15) is 11.9 Å². The SMILES string of the molecule is CCCCc1nn(CC(OCC)c2ccccc2)c(=O)n1Cc1ccc(-c2ccccc2-c2nn[nH]n2)cc1. The van der Waals surface area contributed by atoms with Gasteiger partial charge in [-0.15, -0.1) is 10.2 Å². The highest BCUT2D eigenvalue weighted by Crippen LogP contribution is 2.30. The largest absolute Gasteiger partial charge is 0.372 e. The summed E-state index contributed by atoms with van der Waals surface area (Å²) in [5.74, 6) is 1.35. The number of aromatic amines is 1. The zero-order chi connectivity index (χ0) is 27.0. The Labute approximate surface area is 227 Å². The maximum absolute atomic E-state index is 13.6. The fourth-order valence-electron chi connectivity index (χ4n) is 4.74. The van der Waals surface area contributed by atoms with E-state index in [1.807, 2.05) is 61.5 Å². The predicted molar refractivity (Wildman–Crippen MR) is 150 cm³/mol. The molecule has 0 amide bonds. The molecule has 1 N–H and O–H groups in total. The van der Waals surface area contributed by atoms with Crippen molar-refractivity contribution < 1.29 is 4.74 Å². The molecule has 39 heavy (non-hydrogen) atoms. The highest BCUT2D eigenvalue weighted by Gasteiger charge is 2.19. The lowest BCUT2D eigenvalue weighted by molar-refractivity contribution is 0.0462. The van der Waals surface area contributed by atoms with E-state index in [1.165, 1.54) is 0 Å². The van der Waals surface area contributed by atoms with Crippen LogP contribution in [0.5, 0.6) is 0 Å². The number of aromatic nitrogens is 7. The van der Waals surface area contributed by atoms with E-state index in [9.17, 15) is 4.79 Å². The van der Waals surface area contributed by atoms with Crippen molar-refractivity contribution in [3.8, 4) is 22.5 Å². The number of hydrogen-bond donors (Lipinski definition) is 1. The number of benzene rings is 3. The molecular formula is C30H33N7O2. The van der Waals surface area contributed by atoms with Gasteiger partial charge in [0.2, 0.25) is 5.82 Å². The maximum atomic E-state index is 13.6. The van der Waals surface area contributed by atoms with Gasteiger partial charge < -0.3 is 4.74 Å². The van der Waals surface area contributed by atoms with Crippen LogP contribution in [0.4, 0.5) is 0 Å². The van der Waals surface area contributed by atoms with Gasteiger partial charge in [-0.1, -0.05) is 92.2 Å². The number of unbranched alkanes of at least 4 members (excludes halogenated alkanes) is 1. The zero-order valence-electron chi connectivity index (χ0n) is 22.3. The lowest BCUT2D eigenvalue weighted by Gasteiger charge is -2.16. The number of aryl methyl sites for hydroxylation is 1. The smallest absolute Gasteiger partial charge is 0.346 e. The number of nitrogens with one attached hydrogen (secondary N) is 1. The molecule has 9 heteroatoms. The highest BCUT2D eigenvalue weighted by molar-refractivity contribution is 5.80. The molecule has 2 heterocycles. The molecule has 0 aliphatic rings. The summed E-state index contributed by atoms with van der Waals surface area (Å²) in [4.78, 5) is 13.6. The summed E-state index contributed by atoms with van der Waals surface area (Å²) in [6.45, 7) is 5.49. The first-order valence-corrected chi connectivity index (χ1v) is 13.4. The van der Waals surface area contributed by atoms with Gasteiger partial charge in [-0.25, -0.2) is 9.48 Å². The molecule has 200 valence electrons. The number of rotatable bonds is 12. The van der Waals surface area contributed by atoms with Gasteiger partial charge in [0, 0.05) is 18.6 Å². The Bertz CT molecular complexity index is 1520. The van der Waals surface area contributed by atoms with Crippen molar-refractivity contribution in [2.75, 3.05) is 6.61 Å². The average molecular weight is 524 g/mol. The van der Waals surface area contributed by atoms with Gasteiger partial charge in [-0.05, 0) is 40.8 Å². The molecule has 0 aliphatic carbocycles. The molecule has 0 fully saturated rings. The van der Waals surface area contributed by atoms with E-state index in [-0.39, 0.29) is 11.8 Å². The molecule has 1 atom stereocenters. The second-order valence-electron chi connectivity index (χ2n) is 9.40. The van der Waals surface area contributed by atoms with Crippen LogP contribution in [0.15, 0.2) is 83.7 Å². The van der Waals surface area contributed by atoms with E-state index in [0.717, 1.165) is 52.9 Å². The van der Waals surface area contributed by atoms with E-state index in [0.29, 0.717) is 25.5 Å². The first-order chi connectivity index (χ1) is 19.2. The molecule has 3 aromatic carbocycles. The second-order valence-corrected chi connectivity index (χ2v) is 9.40. The van der Waals surface area contributed by atoms with Crippen molar-refractivity contribution in [1.29, 1.82) is 0 Å². The number of tetrazole rings is 1. The Kier molecular flexibility index (Phi) is 8.38. The quantitative estimate of drug-likeness (QED) is 0.245. The lowest BCUT2D eigenvalue weighted by atomic mass is 9.98. The number of H-pyrrole nitrogens is 1. The molecular weight excluding hydrogens is 490 g/mol. The molecule has 0 saturated heterocycles. The summed E-state index contributed by atoms with van der Waals surface area (Å²) in [7, 11) is 0. The summed E-state index contributed by atoms with van der Waals surface area (Å²) < 4.78 is 9.36. The van der Waals surface area contributed by atoms with E-state index in [4.69, 9.17) is 9.84 Å². The van der Waals surface area contributed by atoms with Crippen LogP contribution < -0.4 is 5.69 Å². The Balaban J connectivity index is 1.41. The van der Waals surface area contributed by atoms with Crippen LogP contribution in [-0.4, -0.2) is 41.6 Å². The van der Waals surface area contributed by atoms with Crippen LogP contribution in [0.1, 0.15) is 49.7 Å².